The van der Waals surface area contributed by atoms with Crippen LogP contribution in [-0.2, 0) is 33.9 Å². The Kier molecular flexibility index (Phi) is 9.99. The highest BCUT2D eigenvalue weighted by molar-refractivity contribution is 7.09. The highest BCUT2D eigenvalue weighted by Crippen LogP contribution is 2.30. The number of nitrogens with zero attached hydrogens (tertiary/aromatic N) is 1. The number of ether oxygens (including phenoxy) is 1. The van der Waals surface area contributed by atoms with Crippen molar-refractivity contribution < 1.29 is 44.7 Å². The molecule has 5 N–H and O–H groups in total. The van der Waals surface area contributed by atoms with Crippen LogP contribution in [0.4, 0.5) is 0 Å². The SMILES string of the molecule is CC1Cc2cc(CN(CCO)Cc3cccs3)ccc2O1.O=C(O)CC(O)(CC(=O)O)C(=O)O. The summed E-state index contributed by atoms with van der Waals surface area (Å²) in [5.41, 5.74) is -0.144. The fourth-order valence-corrected chi connectivity index (χ4v) is 4.27. The Morgan fingerprint density at radius 2 is 1.79 bits per heavy atom. The van der Waals surface area contributed by atoms with Gasteiger partial charge < -0.3 is 30.3 Å². The number of aliphatic hydroxyl groups excluding tert-OH is 1. The number of carboxylic acid groups (broad SMARTS) is 3. The van der Waals surface area contributed by atoms with Crippen molar-refractivity contribution in [3.8, 4) is 5.75 Å². The maximum absolute atomic E-state index is 10.3. The largest absolute Gasteiger partial charge is 0.490 e. The predicted molar refractivity (Wildman–Crippen MR) is 123 cm³/mol. The van der Waals surface area contributed by atoms with Crippen molar-refractivity contribution in [2.45, 2.75) is 51.0 Å². The second-order valence-corrected chi connectivity index (χ2v) is 9.10. The van der Waals surface area contributed by atoms with Crippen LogP contribution in [0.15, 0.2) is 35.7 Å². The predicted octanol–water partition coefficient (Wildman–Crippen LogP) is 1.82. The minimum absolute atomic E-state index is 0.191. The third kappa shape index (κ3) is 8.41. The highest BCUT2D eigenvalue weighted by atomic mass is 32.1. The molecule has 0 saturated carbocycles. The fraction of sp³-hybridized carbons (Fsp3) is 0.435. The third-order valence-electron chi connectivity index (χ3n) is 5.03. The number of benzene rings is 1. The number of hydrogen-bond acceptors (Lipinski definition) is 8. The average Bonchev–Trinajstić information content (AvgIpc) is 3.35. The molecule has 1 aliphatic rings. The summed E-state index contributed by atoms with van der Waals surface area (Å²) in [6.07, 6.45) is -1.01. The van der Waals surface area contributed by atoms with Crippen LogP contribution in [0.1, 0.15) is 35.8 Å². The zero-order valence-corrected chi connectivity index (χ0v) is 19.5. The minimum Gasteiger partial charge on any atom is -0.490 e. The maximum atomic E-state index is 10.3. The zero-order chi connectivity index (χ0) is 25.3. The van der Waals surface area contributed by atoms with Gasteiger partial charge >= 0.3 is 17.9 Å². The Morgan fingerprint density at radius 3 is 2.32 bits per heavy atom. The first-order valence-electron chi connectivity index (χ1n) is 10.6. The zero-order valence-electron chi connectivity index (χ0n) is 18.7. The van der Waals surface area contributed by atoms with Crippen LogP contribution >= 0.6 is 11.3 Å². The summed E-state index contributed by atoms with van der Waals surface area (Å²) in [5, 5.41) is 45.2. The molecule has 34 heavy (non-hydrogen) atoms. The number of thiophene rings is 1. The molecule has 1 unspecified atom stereocenters. The molecule has 0 amide bonds. The lowest BCUT2D eigenvalue weighted by Crippen LogP contribution is -2.42. The summed E-state index contributed by atoms with van der Waals surface area (Å²) in [4.78, 5) is 34.1. The Hall–Kier alpha value is -2.99. The summed E-state index contributed by atoms with van der Waals surface area (Å²) < 4.78 is 5.75. The van der Waals surface area contributed by atoms with Gasteiger partial charge in [-0.25, -0.2) is 4.79 Å². The average molecular weight is 496 g/mol. The molecule has 10 nitrogen and oxygen atoms in total. The molecule has 0 spiro atoms. The van der Waals surface area contributed by atoms with Crippen LogP contribution in [0.2, 0.25) is 0 Å². The van der Waals surface area contributed by atoms with Crippen molar-refractivity contribution in [1.82, 2.24) is 4.90 Å². The smallest absolute Gasteiger partial charge is 0.336 e. The molecule has 3 rings (SSSR count). The van der Waals surface area contributed by atoms with E-state index in [9.17, 15) is 19.5 Å². The van der Waals surface area contributed by atoms with E-state index < -0.39 is 36.4 Å². The number of carbonyl (C=O) groups is 3. The Bertz CT molecular complexity index is 961. The number of carboxylic acids is 3. The van der Waals surface area contributed by atoms with Crippen molar-refractivity contribution in [1.29, 1.82) is 0 Å². The molecule has 0 fully saturated rings. The van der Waals surface area contributed by atoms with Gasteiger partial charge in [0.25, 0.3) is 0 Å². The molecular weight excluding hydrogens is 466 g/mol. The molecule has 186 valence electrons. The van der Waals surface area contributed by atoms with Gasteiger partial charge in [-0.05, 0) is 35.6 Å². The molecule has 2 heterocycles. The van der Waals surface area contributed by atoms with Gasteiger partial charge in [-0.1, -0.05) is 18.2 Å². The lowest BCUT2D eigenvalue weighted by Gasteiger charge is -2.21. The van der Waals surface area contributed by atoms with Gasteiger partial charge in [0, 0.05) is 30.9 Å². The quantitative estimate of drug-likeness (QED) is 0.310. The summed E-state index contributed by atoms with van der Waals surface area (Å²) in [6.45, 7) is 4.75. The molecule has 0 aliphatic carbocycles. The second-order valence-electron chi connectivity index (χ2n) is 8.07. The van der Waals surface area contributed by atoms with E-state index in [-0.39, 0.29) is 12.7 Å². The number of hydrogen-bond donors (Lipinski definition) is 5. The van der Waals surface area contributed by atoms with Crippen LogP contribution in [0.5, 0.6) is 5.75 Å². The Labute approximate surface area is 200 Å². The monoisotopic (exact) mass is 495 g/mol. The van der Waals surface area contributed by atoms with Crippen molar-refractivity contribution in [3.05, 3.63) is 51.7 Å². The molecule has 1 aliphatic heterocycles. The molecule has 0 saturated heterocycles. The van der Waals surface area contributed by atoms with Crippen LogP contribution in [0.3, 0.4) is 0 Å². The lowest BCUT2D eigenvalue weighted by atomic mass is 9.96. The summed E-state index contributed by atoms with van der Waals surface area (Å²) in [5.74, 6) is -3.99. The number of aliphatic hydroxyl groups is 2. The Morgan fingerprint density at radius 1 is 1.12 bits per heavy atom. The van der Waals surface area contributed by atoms with Gasteiger partial charge in [-0.15, -0.1) is 11.3 Å². The van der Waals surface area contributed by atoms with Crippen LogP contribution in [0.25, 0.3) is 0 Å². The topological polar surface area (TPSA) is 165 Å². The van der Waals surface area contributed by atoms with Gasteiger partial charge in [0.15, 0.2) is 5.60 Å². The molecule has 2 aromatic rings. The van der Waals surface area contributed by atoms with E-state index in [1.807, 2.05) is 0 Å². The second kappa shape index (κ2) is 12.5. The first-order valence-corrected chi connectivity index (χ1v) is 11.4. The molecule has 1 aromatic carbocycles. The van der Waals surface area contributed by atoms with E-state index in [2.05, 4.69) is 47.5 Å². The molecule has 11 heteroatoms. The van der Waals surface area contributed by atoms with E-state index >= 15 is 0 Å². The number of fused-ring (bicyclic) bond motifs is 1. The van der Waals surface area contributed by atoms with Crippen molar-refractivity contribution in [2.24, 2.45) is 0 Å². The van der Waals surface area contributed by atoms with Crippen molar-refractivity contribution in [2.75, 3.05) is 13.2 Å². The van der Waals surface area contributed by atoms with Crippen molar-refractivity contribution >= 4 is 29.2 Å². The first-order chi connectivity index (χ1) is 16.0. The molecule has 0 radical (unpaired) electrons. The van der Waals surface area contributed by atoms with Crippen LogP contribution in [-0.4, -0.2) is 73.2 Å². The van der Waals surface area contributed by atoms with Crippen molar-refractivity contribution in [3.63, 3.8) is 0 Å². The number of aliphatic carboxylic acids is 3. The fourth-order valence-electron chi connectivity index (χ4n) is 3.52. The minimum atomic E-state index is -2.74. The molecular formula is C23H29NO9S. The first kappa shape index (κ1) is 27.3. The molecule has 0 bridgehead atoms. The van der Waals surface area contributed by atoms with E-state index in [1.54, 1.807) is 11.3 Å². The van der Waals surface area contributed by atoms with Gasteiger partial charge in [-0.2, -0.15) is 0 Å². The molecule has 1 aromatic heterocycles. The number of rotatable bonds is 11. The van der Waals surface area contributed by atoms with Crippen LogP contribution in [0, 0.1) is 0 Å². The normalized spacial score (nSPS) is 14.6. The van der Waals surface area contributed by atoms with E-state index in [1.165, 1.54) is 16.0 Å². The Balaban J connectivity index is 0.000000273. The molecule has 1 atom stereocenters. The lowest BCUT2D eigenvalue weighted by molar-refractivity contribution is -0.170. The van der Waals surface area contributed by atoms with Gasteiger partial charge in [0.05, 0.1) is 19.4 Å². The highest BCUT2D eigenvalue weighted by Gasteiger charge is 2.40. The summed E-state index contributed by atoms with van der Waals surface area (Å²) in [6, 6.07) is 10.7. The van der Waals surface area contributed by atoms with Gasteiger partial charge in [0.1, 0.15) is 11.9 Å². The summed E-state index contributed by atoms with van der Waals surface area (Å²) in [7, 11) is 0. The van der Waals surface area contributed by atoms with E-state index in [0.29, 0.717) is 6.54 Å². The van der Waals surface area contributed by atoms with E-state index in [0.717, 1.165) is 25.3 Å². The summed E-state index contributed by atoms with van der Waals surface area (Å²) >= 11 is 1.76. The van der Waals surface area contributed by atoms with Gasteiger partial charge in [-0.3, -0.25) is 14.5 Å². The third-order valence-corrected chi connectivity index (χ3v) is 5.89. The maximum Gasteiger partial charge on any atom is 0.336 e. The van der Waals surface area contributed by atoms with E-state index in [4.69, 9.17) is 25.2 Å². The van der Waals surface area contributed by atoms with Gasteiger partial charge in [0.2, 0.25) is 0 Å². The standard InChI is InChI=1S/C17H21NO2S.C6H8O7/c1-13-9-15-10-14(4-5-17(15)20-13)11-18(6-7-19)12-16-3-2-8-21-16;7-3(8)1-6(13,5(11)12)2-4(9)10/h2-5,8,10,13,19H,6-7,9,11-12H2,1H3;13H,1-2H2,(H,7,8)(H,9,10)(H,11,12). The van der Waals surface area contributed by atoms with Crippen LogP contribution < -0.4 is 4.74 Å².